The number of unbranched alkanes of at least 4 members (excludes halogenated alkanes) is 1. The van der Waals surface area contributed by atoms with Gasteiger partial charge in [-0.05, 0) is 68.2 Å². The van der Waals surface area contributed by atoms with Crippen LogP contribution < -0.4 is 38.1 Å². The van der Waals surface area contributed by atoms with Gasteiger partial charge in [-0.15, -0.1) is 0 Å². The van der Waals surface area contributed by atoms with Gasteiger partial charge in [-0.25, -0.2) is 0 Å². The van der Waals surface area contributed by atoms with Gasteiger partial charge >= 0.3 is 5.97 Å². The fourth-order valence-corrected chi connectivity index (χ4v) is 4.60. The summed E-state index contributed by atoms with van der Waals surface area (Å²) in [5, 5.41) is 31.5. The van der Waals surface area contributed by atoms with Crippen molar-refractivity contribution in [2.24, 2.45) is 23.3 Å². The van der Waals surface area contributed by atoms with Gasteiger partial charge < -0.3 is 48.3 Å². The summed E-state index contributed by atoms with van der Waals surface area (Å²) in [6.07, 6.45) is 1.76. The number of carboxylic acids is 1. The zero-order chi connectivity index (χ0) is 34.8. The number of carbonyl (C=O) groups excluding carboxylic acids is 5. The summed E-state index contributed by atoms with van der Waals surface area (Å²) in [7, 11) is 0. The minimum absolute atomic E-state index is 0.00442. The minimum atomic E-state index is -1.27. The third kappa shape index (κ3) is 15.7. The van der Waals surface area contributed by atoms with Crippen molar-refractivity contribution in [2.75, 3.05) is 19.6 Å². The number of aliphatic carboxylic acids is 1. The Hall–Kier alpha value is -4.24. The molecular weight excluding hydrogens is 598 g/mol. The highest BCUT2D eigenvalue weighted by Crippen LogP contribution is 2.13. The van der Waals surface area contributed by atoms with E-state index >= 15 is 0 Å². The van der Waals surface area contributed by atoms with Crippen molar-refractivity contribution in [3.05, 3.63) is 29.8 Å². The SMILES string of the molecule is CC(C)C[C@H](NC(=O)CN)C(=O)N[C@@H](CCCCN)C(=O)N[C@@H](CC(C)C)C(=O)N[C@@H](Cc1ccc(O)cc1)C(=O)NCC(=O)O. The summed E-state index contributed by atoms with van der Waals surface area (Å²) in [5.74, 6) is -4.45. The van der Waals surface area contributed by atoms with Gasteiger partial charge in [0.25, 0.3) is 0 Å². The molecule has 0 spiro atoms. The van der Waals surface area contributed by atoms with Gasteiger partial charge in [-0.2, -0.15) is 0 Å². The van der Waals surface area contributed by atoms with E-state index in [4.69, 9.17) is 16.6 Å². The van der Waals surface area contributed by atoms with E-state index in [0.29, 0.717) is 31.4 Å². The standard InChI is InChI=1S/C31H51N7O8/c1-18(2)13-23(35-26(40)16-33)30(45)36-22(7-5-6-12-32)29(44)37-24(14-19(3)4)31(46)38-25(28(43)34-17-27(41)42)15-20-8-10-21(39)11-9-20/h8-11,18-19,22-25,39H,5-7,12-17,32-33H2,1-4H3,(H,34,43)(H,35,40)(H,36,45)(H,37,44)(H,38,46)(H,41,42)/t22-,23-,24-,25-/m0/s1. The van der Waals surface area contributed by atoms with Gasteiger partial charge in [-0.1, -0.05) is 39.8 Å². The fraction of sp³-hybridized carbons (Fsp3) is 0.613. The van der Waals surface area contributed by atoms with E-state index in [0.717, 1.165) is 0 Å². The number of phenols is 1. The summed E-state index contributed by atoms with van der Waals surface area (Å²) < 4.78 is 0. The van der Waals surface area contributed by atoms with Crippen LogP contribution >= 0.6 is 0 Å². The van der Waals surface area contributed by atoms with Crippen LogP contribution in [0.25, 0.3) is 0 Å². The summed E-state index contributed by atoms with van der Waals surface area (Å²) in [6.45, 7) is 6.85. The smallest absolute Gasteiger partial charge is 0.322 e. The monoisotopic (exact) mass is 649 g/mol. The van der Waals surface area contributed by atoms with Crippen molar-refractivity contribution in [1.29, 1.82) is 0 Å². The van der Waals surface area contributed by atoms with Crippen molar-refractivity contribution in [2.45, 2.75) is 90.4 Å². The van der Waals surface area contributed by atoms with Crippen molar-refractivity contribution in [1.82, 2.24) is 26.6 Å². The third-order valence-corrected chi connectivity index (χ3v) is 6.89. The zero-order valence-electron chi connectivity index (χ0n) is 27.1. The second-order valence-electron chi connectivity index (χ2n) is 12.0. The molecule has 0 aliphatic rings. The molecule has 0 heterocycles. The first-order chi connectivity index (χ1) is 21.7. The molecule has 0 fully saturated rings. The molecule has 0 unspecified atom stereocenters. The second kappa shape index (κ2) is 20.7. The number of amides is 5. The predicted molar refractivity (Wildman–Crippen MR) is 171 cm³/mol. The highest BCUT2D eigenvalue weighted by Gasteiger charge is 2.32. The highest BCUT2D eigenvalue weighted by atomic mass is 16.4. The lowest BCUT2D eigenvalue weighted by atomic mass is 9.99. The second-order valence-corrected chi connectivity index (χ2v) is 12.0. The number of nitrogens with two attached hydrogens (primary N) is 2. The molecule has 0 aromatic heterocycles. The van der Waals surface area contributed by atoms with Gasteiger partial charge in [0, 0.05) is 6.42 Å². The molecule has 46 heavy (non-hydrogen) atoms. The van der Waals surface area contributed by atoms with Crippen LogP contribution in [0.15, 0.2) is 24.3 Å². The number of carboxylic acid groups (broad SMARTS) is 1. The van der Waals surface area contributed by atoms with E-state index in [1.165, 1.54) is 12.1 Å². The molecule has 15 heteroatoms. The molecule has 1 rings (SSSR count). The van der Waals surface area contributed by atoms with Crippen LogP contribution in [0.5, 0.6) is 5.75 Å². The quantitative estimate of drug-likeness (QED) is 0.0753. The Balaban J connectivity index is 3.23. The van der Waals surface area contributed by atoms with Gasteiger partial charge in [0.2, 0.25) is 29.5 Å². The average molecular weight is 650 g/mol. The van der Waals surface area contributed by atoms with Crippen LogP contribution in [-0.4, -0.2) is 89.5 Å². The molecular formula is C31H51N7O8. The Kier molecular flexibility index (Phi) is 17.9. The van der Waals surface area contributed by atoms with Crippen LogP contribution in [0.2, 0.25) is 0 Å². The molecule has 0 radical (unpaired) electrons. The Bertz CT molecular complexity index is 1160. The van der Waals surface area contributed by atoms with Crippen molar-refractivity contribution < 1.29 is 39.0 Å². The number of hydrogen-bond acceptors (Lipinski definition) is 9. The summed E-state index contributed by atoms with van der Waals surface area (Å²) >= 11 is 0. The molecule has 0 saturated carbocycles. The van der Waals surface area contributed by atoms with Crippen molar-refractivity contribution in [3.63, 3.8) is 0 Å². The van der Waals surface area contributed by atoms with Crippen LogP contribution in [0.4, 0.5) is 0 Å². The Labute approximate surface area is 270 Å². The van der Waals surface area contributed by atoms with Crippen LogP contribution in [0.1, 0.15) is 65.4 Å². The molecule has 0 saturated heterocycles. The van der Waals surface area contributed by atoms with E-state index in [-0.39, 0.29) is 43.4 Å². The maximum Gasteiger partial charge on any atom is 0.322 e. The minimum Gasteiger partial charge on any atom is -0.508 e. The lowest BCUT2D eigenvalue weighted by Crippen LogP contribution is -2.59. The summed E-state index contributed by atoms with van der Waals surface area (Å²) in [4.78, 5) is 76.4. The number of carbonyl (C=O) groups is 6. The van der Waals surface area contributed by atoms with Gasteiger partial charge in [-0.3, -0.25) is 28.8 Å². The molecule has 4 atom stereocenters. The van der Waals surface area contributed by atoms with Gasteiger partial charge in [0.05, 0.1) is 6.54 Å². The molecule has 0 aliphatic carbocycles. The predicted octanol–water partition coefficient (Wildman–Crippen LogP) is -0.745. The molecule has 1 aromatic carbocycles. The molecule has 0 aliphatic heterocycles. The first-order valence-electron chi connectivity index (χ1n) is 15.5. The Morgan fingerprint density at radius 2 is 1.20 bits per heavy atom. The molecule has 5 amide bonds. The molecule has 1 aromatic rings. The first kappa shape index (κ1) is 39.8. The number of hydrogen-bond donors (Lipinski definition) is 9. The lowest BCUT2D eigenvalue weighted by molar-refractivity contribution is -0.138. The van der Waals surface area contributed by atoms with E-state index in [1.54, 1.807) is 12.1 Å². The van der Waals surface area contributed by atoms with Crippen LogP contribution in [0.3, 0.4) is 0 Å². The molecule has 15 nitrogen and oxygen atoms in total. The maximum atomic E-state index is 13.6. The number of rotatable bonds is 21. The third-order valence-electron chi connectivity index (χ3n) is 6.89. The van der Waals surface area contributed by atoms with Crippen molar-refractivity contribution >= 4 is 35.5 Å². The highest BCUT2D eigenvalue weighted by molar-refractivity contribution is 5.96. The first-order valence-corrected chi connectivity index (χ1v) is 15.5. The van der Waals surface area contributed by atoms with Crippen molar-refractivity contribution in [3.8, 4) is 5.75 Å². The molecule has 258 valence electrons. The van der Waals surface area contributed by atoms with E-state index in [9.17, 15) is 33.9 Å². The lowest BCUT2D eigenvalue weighted by Gasteiger charge is -2.27. The fourth-order valence-electron chi connectivity index (χ4n) is 4.60. The topological polar surface area (TPSA) is 255 Å². The van der Waals surface area contributed by atoms with E-state index in [1.807, 2.05) is 27.7 Å². The molecule has 11 N–H and O–H groups in total. The number of aromatic hydroxyl groups is 1. The van der Waals surface area contributed by atoms with Crippen LogP contribution in [-0.2, 0) is 35.2 Å². The number of benzene rings is 1. The number of nitrogens with one attached hydrogen (secondary N) is 5. The average Bonchev–Trinajstić information content (AvgIpc) is 2.98. The van der Waals surface area contributed by atoms with Crippen LogP contribution in [0, 0.1) is 11.8 Å². The van der Waals surface area contributed by atoms with E-state index in [2.05, 4.69) is 26.6 Å². The Morgan fingerprint density at radius 3 is 1.70 bits per heavy atom. The van der Waals surface area contributed by atoms with Gasteiger partial charge in [0.15, 0.2) is 0 Å². The Morgan fingerprint density at radius 1 is 0.696 bits per heavy atom. The summed E-state index contributed by atoms with van der Waals surface area (Å²) in [6, 6.07) is 1.64. The van der Waals surface area contributed by atoms with E-state index < -0.39 is 66.2 Å². The summed E-state index contributed by atoms with van der Waals surface area (Å²) in [5.41, 5.74) is 11.6. The van der Waals surface area contributed by atoms with Gasteiger partial charge in [0.1, 0.15) is 36.5 Å². The molecule has 0 bridgehead atoms. The number of phenolic OH excluding ortho intramolecular Hbond substituents is 1. The maximum absolute atomic E-state index is 13.6. The zero-order valence-corrected chi connectivity index (χ0v) is 27.1. The largest absolute Gasteiger partial charge is 0.508 e. The normalized spacial score (nSPS) is 13.7.